The average molecular weight is 210 g/mol. The number of hydrogen-bond donors (Lipinski definition) is 1. The third kappa shape index (κ3) is 1.00. The minimum atomic E-state index is -0.177. The van der Waals surface area contributed by atoms with Crippen molar-refractivity contribution in [2.24, 2.45) is 0 Å². The number of pyridine rings is 1. The first kappa shape index (κ1) is 8.05. The van der Waals surface area contributed by atoms with Crippen LogP contribution in [-0.4, -0.2) is 14.5 Å². The molecule has 4 nitrogen and oxygen atoms in total. The molecule has 0 aromatic carbocycles. The van der Waals surface area contributed by atoms with Gasteiger partial charge < -0.3 is 9.55 Å². The van der Waals surface area contributed by atoms with Gasteiger partial charge in [0.2, 0.25) is 5.28 Å². The number of aromatic nitrogens is 3. The molecule has 1 aliphatic carbocycles. The Hall–Kier alpha value is -1.29. The number of rotatable bonds is 1. The van der Waals surface area contributed by atoms with E-state index in [1.54, 1.807) is 6.20 Å². The van der Waals surface area contributed by atoms with Gasteiger partial charge in [0.25, 0.3) is 5.56 Å². The van der Waals surface area contributed by atoms with E-state index in [0.29, 0.717) is 16.8 Å². The van der Waals surface area contributed by atoms with Crippen molar-refractivity contribution < 1.29 is 0 Å². The van der Waals surface area contributed by atoms with Crippen LogP contribution in [0, 0.1) is 0 Å². The summed E-state index contributed by atoms with van der Waals surface area (Å²) in [6.45, 7) is 0. The van der Waals surface area contributed by atoms with Crippen molar-refractivity contribution in [3.63, 3.8) is 0 Å². The number of fused-ring (bicyclic) bond motifs is 1. The largest absolute Gasteiger partial charge is 0.327 e. The maximum Gasteiger partial charge on any atom is 0.276 e. The number of nitrogens with one attached hydrogen (secondary N) is 1. The molecule has 1 aliphatic rings. The molecule has 0 spiro atoms. The summed E-state index contributed by atoms with van der Waals surface area (Å²) in [6.07, 6.45) is 3.87. The van der Waals surface area contributed by atoms with Crippen molar-refractivity contribution in [3.8, 4) is 0 Å². The Bertz CT molecular complexity index is 553. The van der Waals surface area contributed by atoms with Gasteiger partial charge in [-0.2, -0.15) is 0 Å². The quantitative estimate of drug-likeness (QED) is 0.778. The normalized spacial score (nSPS) is 16.4. The number of hydrogen-bond acceptors (Lipinski definition) is 2. The van der Waals surface area contributed by atoms with E-state index in [2.05, 4.69) is 9.97 Å². The first-order valence-corrected chi connectivity index (χ1v) is 4.90. The molecule has 14 heavy (non-hydrogen) atoms. The molecule has 1 saturated carbocycles. The van der Waals surface area contributed by atoms with Gasteiger partial charge in [-0.1, -0.05) is 0 Å². The Morgan fingerprint density at radius 3 is 3.07 bits per heavy atom. The van der Waals surface area contributed by atoms with Gasteiger partial charge in [0, 0.05) is 12.2 Å². The van der Waals surface area contributed by atoms with Crippen molar-refractivity contribution in [2.75, 3.05) is 0 Å². The van der Waals surface area contributed by atoms with Gasteiger partial charge in [-0.15, -0.1) is 0 Å². The highest BCUT2D eigenvalue weighted by Gasteiger charge is 2.28. The van der Waals surface area contributed by atoms with Gasteiger partial charge in [-0.3, -0.25) is 4.79 Å². The average Bonchev–Trinajstić information content (AvgIpc) is 2.91. The summed E-state index contributed by atoms with van der Waals surface area (Å²) >= 11 is 5.97. The molecule has 2 aromatic heterocycles. The van der Waals surface area contributed by atoms with Crippen LogP contribution in [0.25, 0.3) is 11.0 Å². The molecular weight excluding hydrogens is 202 g/mol. The lowest BCUT2D eigenvalue weighted by atomic mass is 10.4. The molecule has 1 N–H and O–H groups in total. The molecule has 72 valence electrons. The highest BCUT2D eigenvalue weighted by atomic mass is 35.5. The lowest BCUT2D eigenvalue weighted by molar-refractivity contribution is 0.767. The van der Waals surface area contributed by atoms with E-state index in [1.807, 2.05) is 10.6 Å². The van der Waals surface area contributed by atoms with Crippen molar-refractivity contribution in [3.05, 3.63) is 27.9 Å². The van der Waals surface area contributed by atoms with E-state index in [-0.39, 0.29) is 5.56 Å². The van der Waals surface area contributed by atoms with Gasteiger partial charge in [0.15, 0.2) is 5.52 Å². The summed E-state index contributed by atoms with van der Waals surface area (Å²) in [7, 11) is 0. The van der Waals surface area contributed by atoms with Crippen LogP contribution in [0.1, 0.15) is 18.9 Å². The van der Waals surface area contributed by atoms with E-state index < -0.39 is 0 Å². The molecule has 2 aromatic rings. The summed E-state index contributed by atoms with van der Waals surface area (Å²) < 4.78 is 1.94. The lowest BCUT2D eigenvalue weighted by Gasteiger charge is -2.00. The van der Waals surface area contributed by atoms with E-state index in [9.17, 15) is 4.79 Å². The molecule has 0 radical (unpaired) electrons. The lowest BCUT2D eigenvalue weighted by Crippen LogP contribution is -2.04. The monoisotopic (exact) mass is 209 g/mol. The van der Waals surface area contributed by atoms with Gasteiger partial charge in [-0.25, -0.2) is 4.98 Å². The van der Waals surface area contributed by atoms with Crippen LogP contribution in [-0.2, 0) is 0 Å². The Balaban J connectivity index is 2.43. The summed E-state index contributed by atoms with van der Waals surface area (Å²) in [5, 5.41) is 0.416. The topological polar surface area (TPSA) is 50.7 Å². The standard InChI is InChI=1S/C9H8ClN3O/c10-9-12-7-6(3-4-11-8(7)14)13(9)5-1-2-5/h3-5H,1-2H2,(H,11,14). The summed E-state index contributed by atoms with van der Waals surface area (Å²) in [5.41, 5.74) is 1.09. The van der Waals surface area contributed by atoms with E-state index in [4.69, 9.17) is 11.6 Å². The third-order valence-electron chi connectivity index (χ3n) is 2.49. The maximum absolute atomic E-state index is 11.4. The fourth-order valence-corrected chi connectivity index (χ4v) is 2.00. The van der Waals surface area contributed by atoms with Crippen LogP contribution >= 0.6 is 11.6 Å². The van der Waals surface area contributed by atoms with Crippen LogP contribution in [0.5, 0.6) is 0 Å². The molecule has 2 heterocycles. The van der Waals surface area contributed by atoms with Crippen LogP contribution in [0.3, 0.4) is 0 Å². The second-order valence-electron chi connectivity index (χ2n) is 3.52. The zero-order valence-corrected chi connectivity index (χ0v) is 8.08. The van der Waals surface area contributed by atoms with Crippen LogP contribution in [0.2, 0.25) is 5.28 Å². The number of H-pyrrole nitrogens is 1. The van der Waals surface area contributed by atoms with Gasteiger partial charge in [0.1, 0.15) is 0 Å². The third-order valence-corrected chi connectivity index (χ3v) is 2.75. The first-order valence-electron chi connectivity index (χ1n) is 4.52. The smallest absolute Gasteiger partial charge is 0.276 e. The second-order valence-corrected chi connectivity index (χ2v) is 3.86. The summed E-state index contributed by atoms with van der Waals surface area (Å²) in [5.74, 6) is 0. The molecule has 0 atom stereocenters. The van der Waals surface area contributed by atoms with Crippen LogP contribution in [0.4, 0.5) is 0 Å². The number of aromatic amines is 1. The van der Waals surface area contributed by atoms with Gasteiger partial charge in [-0.05, 0) is 30.5 Å². The molecular formula is C9H8ClN3O. The predicted molar refractivity (Wildman–Crippen MR) is 53.6 cm³/mol. The summed E-state index contributed by atoms with van der Waals surface area (Å²) in [4.78, 5) is 18.0. The Morgan fingerprint density at radius 2 is 2.36 bits per heavy atom. The van der Waals surface area contributed by atoms with Crippen molar-refractivity contribution >= 4 is 22.6 Å². The fourth-order valence-electron chi connectivity index (χ4n) is 1.69. The predicted octanol–water partition coefficient (Wildman–Crippen LogP) is 1.71. The number of nitrogens with zero attached hydrogens (tertiary/aromatic N) is 2. The van der Waals surface area contributed by atoms with E-state index in [1.165, 1.54) is 0 Å². The molecule has 0 unspecified atom stereocenters. The molecule has 0 bridgehead atoms. The van der Waals surface area contributed by atoms with Crippen molar-refractivity contribution in [2.45, 2.75) is 18.9 Å². The minimum absolute atomic E-state index is 0.177. The van der Waals surface area contributed by atoms with Gasteiger partial charge in [0.05, 0.1) is 5.52 Å². The van der Waals surface area contributed by atoms with Gasteiger partial charge >= 0.3 is 0 Å². The number of halogens is 1. The molecule has 1 fully saturated rings. The van der Waals surface area contributed by atoms with E-state index in [0.717, 1.165) is 18.4 Å². The molecule has 0 saturated heterocycles. The Labute approximate surface area is 84.5 Å². The minimum Gasteiger partial charge on any atom is -0.327 e. The van der Waals surface area contributed by atoms with Crippen molar-refractivity contribution in [1.29, 1.82) is 0 Å². The molecule has 3 rings (SSSR count). The molecule has 0 amide bonds. The number of imidazole rings is 1. The molecule has 5 heteroatoms. The first-order chi connectivity index (χ1) is 6.77. The second kappa shape index (κ2) is 2.60. The Kier molecular flexibility index (Phi) is 1.50. The fraction of sp³-hybridized carbons (Fsp3) is 0.333. The van der Waals surface area contributed by atoms with E-state index >= 15 is 0 Å². The van der Waals surface area contributed by atoms with Crippen LogP contribution in [0.15, 0.2) is 17.1 Å². The highest BCUT2D eigenvalue weighted by molar-refractivity contribution is 6.29. The van der Waals surface area contributed by atoms with Crippen molar-refractivity contribution in [1.82, 2.24) is 14.5 Å². The Morgan fingerprint density at radius 1 is 1.57 bits per heavy atom. The SMILES string of the molecule is O=c1[nH]ccc2c1nc(Cl)n2C1CC1. The maximum atomic E-state index is 11.4. The van der Waals surface area contributed by atoms with Crippen LogP contribution < -0.4 is 5.56 Å². The zero-order chi connectivity index (χ0) is 9.71. The zero-order valence-electron chi connectivity index (χ0n) is 7.33. The molecule has 0 aliphatic heterocycles. The highest BCUT2D eigenvalue weighted by Crippen LogP contribution is 2.39. The summed E-state index contributed by atoms with van der Waals surface area (Å²) in [6, 6.07) is 2.28.